The van der Waals surface area contributed by atoms with Crippen LogP contribution in [0.3, 0.4) is 0 Å². The number of hydrogen-bond donors (Lipinski definition) is 1. The van der Waals surface area contributed by atoms with Gasteiger partial charge < -0.3 is 14.8 Å². The Bertz CT molecular complexity index is 1260. The molecule has 0 spiro atoms. The highest BCUT2D eigenvalue weighted by molar-refractivity contribution is 6.37. The summed E-state index contributed by atoms with van der Waals surface area (Å²) in [5.74, 6) is 0.0177. The summed E-state index contributed by atoms with van der Waals surface area (Å²) in [6, 6.07) is 10.8. The molecule has 0 saturated heterocycles. The predicted molar refractivity (Wildman–Crippen MR) is 128 cm³/mol. The largest absolute Gasteiger partial charge is 0.495 e. The van der Waals surface area contributed by atoms with E-state index in [1.807, 2.05) is 39.0 Å². The molecule has 0 atom stereocenters. The lowest BCUT2D eigenvalue weighted by Gasteiger charge is -2.17. The highest BCUT2D eigenvalue weighted by Gasteiger charge is 2.15. The van der Waals surface area contributed by atoms with Crippen molar-refractivity contribution in [3.8, 4) is 11.8 Å². The molecule has 0 fully saturated rings. The first kappa shape index (κ1) is 23.4. The zero-order valence-corrected chi connectivity index (χ0v) is 19.5. The molecule has 32 heavy (non-hydrogen) atoms. The molecule has 0 unspecified atom stereocenters. The van der Waals surface area contributed by atoms with Crippen LogP contribution in [0.1, 0.15) is 31.9 Å². The van der Waals surface area contributed by atoms with Crippen LogP contribution in [-0.4, -0.2) is 23.7 Å². The van der Waals surface area contributed by atoms with Crippen LogP contribution < -0.4 is 10.1 Å². The Morgan fingerprint density at radius 2 is 1.94 bits per heavy atom. The first-order valence-corrected chi connectivity index (χ1v) is 10.4. The molecule has 1 aromatic heterocycles. The molecule has 0 saturated carbocycles. The van der Waals surface area contributed by atoms with Crippen LogP contribution in [0.25, 0.3) is 17.0 Å². The highest BCUT2D eigenvalue weighted by atomic mass is 35.5. The minimum Gasteiger partial charge on any atom is -0.495 e. The van der Waals surface area contributed by atoms with Crippen molar-refractivity contribution in [1.29, 1.82) is 5.26 Å². The number of aromatic nitrogens is 1. The van der Waals surface area contributed by atoms with Gasteiger partial charge in [-0.05, 0) is 44.5 Å². The van der Waals surface area contributed by atoms with Crippen LogP contribution in [0.4, 0.5) is 11.4 Å². The van der Waals surface area contributed by atoms with Crippen molar-refractivity contribution >= 4 is 57.5 Å². The molecule has 0 radical (unpaired) electrons. The first-order valence-electron chi connectivity index (χ1n) is 9.65. The van der Waals surface area contributed by atoms with Crippen LogP contribution in [0.15, 0.2) is 42.6 Å². The second-order valence-electron chi connectivity index (χ2n) is 7.89. The number of nitrogens with one attached hydrogen (secondary N) is 1. The maximum absolute atomic E-state index is 11.9. The van der Waals surface area contributed by atoms with Crippen molar-refractivity contribution in [2.45, 2.75) is 26.4 Å². The van der Waals surface area contributed by atoms with Gasteiger partial charge in [0.05, 0.1) is 39.6 Å². The summed E-state index contributed by atoms with van der Waals surface area (Å²) in [7, 11) is 1.51. The van der Waals surface area contributed by atoms with Gasteiger partial charge in [-0.3, -0.25) is 4.98 Å². The number of nitrogens with zero attached hydrogens (tertiary/aromatic N) is 2. The number of halogens is 2. The SMILES string of the molecule is COc1cc(Nc2c(C#N)cnc3cc(C=CC(=O)OC(C)(C)C)ccc23)c(Cl)cc1Cl. The van der Waals surface area contributed by atoms with Crippen LogP contribution >= 0.6 is 23.2 Å². The number of ether oxygens (including phenoxy) is 2. The van der Waals surface area contributed by atoms with E-state index in [2.05, 4.69) is 16.4 Å². The number of nitriles is 1. The van der Waals surface area contributed by atoms with Crippen molar-refractivity contribution in [2.24, 2.45) is 0 Å². The van der Waals surface area contributed by atoms with Gasteiger partial charge in [-0.1, -0.05) is 35.3 Å². The molecule has 0 aliphatic carbocycles. The third-order valence-corrected chi connectivity index (χ3v) is 4.94. The summed E-state index contributed by atoms with van der Waals surface area (Å²) in [6.07, 6.45) is 4.50. The van der Waals surface area contributed by atoms with Crippen molar-refractivity contribution in [1.82, 2.24) is 4.98 Å². The maximum atomic E-state index is 11.9. The molecular weight excluding hydrogens is 449 g/mol. The molecule has 164 valence electrons. The number of carbonyl (C=O) groups excluding carboxylic acids is 1. The van der Waals surface area contributed by atoms with Gasteiger partial charge >= 0.3 is 5.97 Å². The van der Waals surface area contributed by atoms with Gasteiger partial charge in [-0.2, -0.15) is 5.26 Å². The van der Waals surface area contributed by atoms with Gasteiger partial charge in [0.1, 0.15) is 17.4 Å². The van der Waals surface area contributed by atoms with Gasteiger partial charge in [-0.15, -0.1) is 0 Å². The van der Waals surface area contributed by atoms with Crippen molar-refractivity contribution in [3.05, 3.63) is 63.8 Å². The number of carbonyl (C=O) groups is 1. The Kier molecular flexibility index (Phi) is 6.93. The van der Waals surface area contributed by atoms with E-state index < -0.39 is 11.6 Å². The second kappa shape index (κ2) is 9.47. The van der Waals surface area contributed by atoms with Gasteiger partial charge in [0.2, 0.25) is 0 Å². The third kappa shape index (κ3) is 5.50. The molecule has 6 nitrogen and oxygen atoms in total. The van der Waals surface area contributed by atoms with Crippen molar-refractivity contribution < 1.29 is 14.3 Å². The average molecular weight is 470 g/mol. The Labute approximate surface area is 196 Å². The summed E-state index contributed by atoms with van der Waals surface area (Å²) < 4.78 is 10.5. The lowest BCUT2D eigenvalue weighted by atomic mass is 10.1. The van der Waals surface area contributed by atoms with Gasteiger partial charge in [0, 0.05) is 23.7 Å². The monoisotopic (exact) mass is 469 g/mol. The Hall–Kier alpha value is -3.27. The van der Waals surface area contributed by atoms with E-state index >= 15 is 0 Å². The fraction of sp³-hybridized carbons (Fsp3) is 0.208. The Morgan fingerprint density at radius 3 is 2.59 bits per heavy atom. The summed E-state index contributed by atoms with van der Waals surface area (Å²) in [5.41, 5.74) is 2.26. The number of methoxy groups -OCH3 is 1. The minimum atomic E-state index is -0.563. The number of anilines is 2. The third-order valence-electron chi connectivity index (χ3n) is 4.33. The summed E-state index contributed by atoms with van der Waals surface area (Å²) in [6.45, 7) is 5.42. The van der Waals surface area contributed by atoms with Crippen LogP contribution in [0.5, 0.6) is 5.75 Å². The van der Waals surface area contributed by atoms with Crippen molar-refractivity contribution in [3.63, 3.8) is 0 Å². The molecule has 0 amide bonds. The molecule has 2 aromatic carbocycles. The van der Waals surface area contributed by atoms with Crippen LogP contribution in [-0.2, 0) is 9.53 Å². The zero-order chi connectivity index (χ0) is 23.5. The van der Waals surface area contributed by atoms with E-state index in [0.29, 0.717) is 43.6 Å². The minimum absolute atomic E-state index is 0.347. The quantitative estimate of drug-likeness (QED) is 0.338. The van der Waals surface area contributed by atoms with E-state index in [9.17, 15) is 10.1 Å². The van der Waals surface area contributed by atoms with E-state index in [1.54, 1.807) is 18.2 Å². The van der Waals surface area contributed by atoms with Gasteiger partial charge in [-0.25, -0.2) is 4.79 Å². The zero-order valence-electron chi connectivity index (χ0n) is 18.0. The number of fused-ring (bicyclic) bond motifs is 1. The predicted octanol–water partition coefficient (Wildman–Crippen LogP) is 6.52. The summed E-state index contributed by atoms with van der Waals surface area (Å²) in [5, 5.41) is 14.3. The topological polar surface area (TPSA) is 84.2 Å². The van der Waals surface area contributed by atoms with E-state index in [-0.39, 0.29) is 0 Å². The van der Waals surface area contributed by atoms with Gasteiger partial charge in [0.25, 0.3) is 0 Å². The molecule has 0 aliphatic heterocycles. The molecule has 8 heteroatoms. The lowest BCUT2D eigenvalue weighted by Crippen LogP contribution is -2.22. The molecule has 3 rings (SSSR count). The highest BCUT2D eigenvalue weighted by Crippen LogP contribution is 2.37. The number of esters is 1. The second-order valence-corrected chi connectivity index (χ2v) is 8.71. The molecule has 1 heterocycles. The number of hydrogen-bond acceptors (Lipinski definition) is 6. The summed E-state index contributed by atoms with van der Waals surface area (Å²) in [4.78, 5) is 16.3. The number of rotatable bonds is 5. The maximum Gasteiger partial charge on any atom is 0.331 e. The van der Waals surface area contributed by atoms with Crippen molar-refractivity contribution in [2.75, 3.05) is 12.4 Å². The Morgan fingerprint density at radius 1 is 1.19 bits per heavy atom. The molecule has 0 aliphatic rings. The fourth-order valence-corrected chi connectivity index (χ4v) is 3.46. The molecule has 0 bridgehead atoms. The first-order chi connectivity index (χ1) is 15.1. The lowest BCUT2D eigenvalue weighted by molar-refractivity contribution is -0.148. The molecule has 3 aromatic rings. The molecule has 1 N–H and O–H groups in total. The van der Waals surface area contributed by atoms with E-state index in [0.717, 1.165) is 5.56 Å². The number of benzene rings is 2. The summed E-state index contributed by atoms with van der Waals surface area (Å²) >= 11 is 12.5. The van der Waals surface area contributed by atoms with Gasteiger partial charge in [0.15, 0.2) is 0 Å². The van der Waals surface area contributed by atoms with Crippen LogP contribution in [0.2, 0.25) is 10.0 Å². The standard InChI is InChI=1S/C24H21Cl2N3O3/c1-24(2,3)32-22(30)8-6-14-5-7-16-19(9-14)28-13-15(12-27)23(16)29-20-11-21(31-4)18(26)10-17(20)25/h5-11,13H,1-4H3,(H,28,29). The smallest absolute Gasteiger partial charge is 0.331 e. The Balaban J connectivity index is 1.99. The normalized spacial score (nSPS) is 11.4. The van der Waals surface area contributed by atoms with E-state index in [1.165, 1.54) is 19.4 Å². The fourth-order valence-electron chi connectivity index (χ4n) is 2.95. The van der Waals surface area contributed by atoms with E-state index in [4.69, 9.17) is 32.7 Å². The average Bonchev–Trinajstić information content (AvgIpc) is 2.72. The molecular formula is C24H21Cl2N3O3. The van der Waals surface area contributed by atoms with Crippen LogP contribution in [0, 0.1) is 11.3 Å². The number of pyridine rings is 1.